The van der Waals surface area contributed by atoms with Crippen LogP contribution in [-0.4, -0.2) is 11.1 Å². The van der Waals surface area contributed by atoms with Gasteiger partial charge in [-0.25, -0.2) is 4.79 Å². The predicted molar refractivity (Wildman–Crippen MR) is 70.9 cm³/mol. The summed E-state index contributed by atoms with van der Waals surface area (Å²) in [7, 11) is 0. The third-order valence-corrected chi connectivity index (χ3v) is 3.10. The maximum absolute atomic E-state index is 10.7. The highest BCUT2D eigenvalue weighted by Gasteiger charge is 2.15. The van der Waals surface area contributed by atoms with E-state index in [0.717, 1.165) is 5.56 Å². The van der Waals surface area contributed by atoms with Crippen LogP contribution in [0.1, 0.15) is 34.9 Å². The Morgan fingerprint density at radius 2 is 2.11 bits per heavy atom. The number of rotatable bonds is 4. The molecule has 2 aromatic rings. The van der Waals surface area contributed by atoms with Crippen molar-refractivity contribution in [1.29, 1.82) is 0 Å². The number of carboxylic acids is 1. The molecule has 0 bridgehead atoms. The maximum Gasteiger partial charge on any atom is 0.371 e. The number of furan rings is 1. The van der Waals surface area contributed by atoms with E-state index < -0.39 is 5.97 Å². The van der Waals surface area contributed by atoms with Crippen molar-refractivity contribution in [3.05, 3.63) is 52.4 Å². The molecule has 1 unspecified atom stereocenters. The second-order valence-electron chi connectivity index (χ2n) is 4.18. The van der Waals surface area contributed by atoms with Gasteiger partial charge in [0.2, 0.25) is 5.76 Å². The van der Waals surface area contributed by atoms with Crippen molar-refractivity contribution in [2.75, 3.05) is 0 Å². The Hall–Kier alpha value is -1.94. The third kappa shape index (κ3) is 3.09. The number of aromatic carboxylic acids is 1. The highest BCUT2D eigenvalue weighted by atomic mass is 35.5. The van der Waals surface area contributed by atoms with Crippen molar-refractivity contribution in [1.82, 2.24) is 0 Å². The van der Waals surface area contributed by atoms with E-state index in [9.17, 15) is 4.79 Å². The molecule has 1 atom stereocenters. The molecule has 1 heterocycles. The Kier molecular flexibility index (Phi) is 3.81. The van der Waals surface area contributed by atoms with Crippen molar-refractivity contribution >= 4 is 17.6 Å². The van der Waals surface area contributed by atoms with Gasteiger partial charge in [0.05, 0.1) is 0 Å². The van der Waals surface area contributed by atoms with Crippen LogP contribution >= 0.6 is 11.6 Å². The monoisotopic (exact) mass is 280 g/mol. The average Bonchev–Trinajstić information content (AvgIpc) is 2.83. The van der Waals surface area contributed by atoms with E-state index in [0.29, 0.717) is 16.5 Å². The van der Waals surface area contributed by atoms with Gasteiger partial charge in [0.1, 0.15) is 11.5 Å². The molecule has 1 aromatic carbocycles. The smallest absolute Gasteiger partial charge is 0.371 e. The van der Waals surface area contributed by atoms with Crippen molar-refractivity contribution in [3.8, 4) is 5.75 Å². The van der Waals surface area contributed by atoms with Gasteiger partial charge >= 0.3 is 5.97 Å². The lowest BCUT2D eigenvalue weighted by Gasteiger charge is -2.13. The van der Waals surface area contributed by atoms with Crippen LogP contribution in [0.5, 0.6) is 5.75 Å². The first-order chi connectivity index (χ1) is 8.97. The number of ether oxygens (including phenoxy) is 1. The Morgan fingerprint density at radius 3 is 2.68 bits per heavy atom. The van der Waals surface area contributed by atoms with Gasteiger partial charge < -0.3 is 14.3 Å². The number of aryl methyl sites for hydroxylation is 1. The molecule has 0 saturated carbocycles. The van der Waals surface area contributed by atoms with Gasteiger partial charge in [0.15, 0.2) is 6.10 Å². The molecular formula is C14H13ClO4. The summed E-state index contributed by atoms with van der Waals surface area (Å²) in [5.41, 5.74) is 0.914. The first kappa shape index (κ1) is 13.5. The molecule has 0 aliphatic carbocycles. The van der Waals surface area contributed by atoms with Crippen LogP contribution in [0.25, 0.3) is 0 Å². The number of halogens is 1. The van der Waals surface area contributed by atoms with Crippen molar-refractivity contribution < 1.29 is 19.1 Å². The maximum atomic E-state index is 10.7. The molecule has 1 N–H and O–H groups in total. The van der Waals surface area contributed by atoms with Crippen LogP contribution in [0, 0.1) is 6.92 Å². The molecule has 0 saturated heterocycles. The largest absolute Gasteiger partial charge is 0.483 e. The van der Waals surface area contributed by atoms with Crippen molar-refractivity contribution in [3.63, 3.8) is 0 Å². The lowest BCUT2D eigenvalue weighted by atomic mass is 10.2. The van der Waals surface area contributed by atoms with E-state index in [1.54, 1.807) is 25.1 Å². The Balaban J connectivity index is 2.13. The van der Waals surface area contributed by atoms with Gasteiger partial charge in [-0.2, -0.15) is 0 Å². The van der Waals surface area contributed by atoms with E-state index in [1.165, 1.54) is 6.07 Å². The zero-order valence-corrected chi connectivity index (χ0v) is 11.3. The Labute approximate surface area is 115 Å². The fourth-order valence-corrected chi connectivity index (χ4v) is 1.76. The molecule has 1 aromatic heterocycles. The molecule has 0 spiro atoms. The van der Waals surface area contributed by atoms with E-state index in [4.69, 9.17) is 25.9 Å². The summed E-state index contributed by atoms with van der Waals surface area (Å²) in [6.07, 6.45) is -0.381. The molecule has 0 fully saturated rings. The summed E-state index contributed by atoms with van der Waals surface area (Å²) in [5, 5.41) is 9.46. The topological polar surface area (TPSA) is 59.7 Å². The van der Waals surface area contributed by atoms with E-state index >= 15 is 0 Å². The summed E-state index contributed by atoms with van der Waals surface area (Å²) in [6, 6.07) is 8.33. The Morgan fingerprint density at radius 1 is 1.37 bits per heavy atom. The molecule has 5 heteroatoms. The van der Waals surface area contributed by atoms with E-state index in [2.05, 4.69) is 0 Å². The molecular weight excluding hydrogens is 268 g/mol. The van der Waals surface area contributed by atoms with Crippen LogP contribution in [0.15, 0.2) is 34.7 Å². The molecule has 0 amide bonds. The lowest BCUT2D eigenvalue weighted by molar-refractivity contribution is 0.0655. The molecule has 0 radical (unpaired) electrons. The fourth-order valence-electron chi connectivity index (χ4n) is 1.64. The van der Waals surface area contributed by atoms with Gasteiger partial charge in [0, 0.05) is 5.02 Å². The zero-order chi connectivity index (χ0) is 14.0. The molecule has 2 rings (SSSR count). The van der Waals surface area contributed by atoms with E-state index in [-0.39, 0.29) is 11.9 Å². The standard InChI is InChI=1S/C14H13ClO4/c1-8-7-10(3-4-11(8)15)18-9(2)12-5-6-13(19-12)14(16)17/h3-7,9H,1-2H3,(H,16,17). The Bertz CT molecular complexity index is 603. The second kappa shape index (κ2) is 5.36. The molecule has 4 nitrogen and oxygen atoms in total. The minimum Gasteiger partial charge on any atom is -0.483 e. The number of hydrogen-bond acceptors (Lipinski definition) is 3. The van der Waals surface area contributed by atoms with Gasteiger partial charge in [-0.3, -0.25) is 0 Å². The predicted octanol–water partition coefficient (Wildman–Crippen LogP) is 4.08. The minimum absolute atomic E-state index is 0.0993. The molecule has 0 aliphatic heterocycles. The SMILES string of the molecule is Cc1cc(OC(C)c2ccc(C(=O)O)o2)ccc1Cl. The molecule has 19 heavy (non-hydrogen) atoms. The van der Waals surface area contributed by atoms with Crippen LogP contribution in [-0.2, 0) is 0 Å². The fraction of sp³-hybridized carbons (Fsp3) is 0.214. The molecule has 100 valence electrons. The van der Waals surface area contributed by atoms with E-state index in [1.807, 2.05) is 13.0 Å². The van der Waals surface area contributed by atoms with Crippen LogP contribution < -0.4 is 4.74 Å². The normalized spacial score (nSPS) is 12.2. The van der Waals surface area contributed by atoms with Gasteiger partial charge in [-0.05, 0) is 49.7 Å². The third-order valence-electron chi connectivity index (χ3n) is 2.68. The van der Waals surface area contributed by atoms with Crippen LogP contribution in [0.3, 0.4) is 0 Å². The van der Waals surface area contributed by atoms with Crippen molar-refractivity contribution in [2.24, 2.45) is 0 Å². The lowest BCUT2D eigenvalue weighted by Crippen LogP contribution is -2.02. The first-order valence-corrected chi connectivity index (χ1v) is 6.11. The molecule has 0 aliphatic rings. The second-order valence-corrected chi connectivity index (χ2v) is 4.59. The zero-order valence-electron chi connectivity index (χ0n) is 10.5. The van der Waals surface area contributed by atoms with Gasteiger partial charge in [-0.1, -0.05) is 11.6 Å². The number of hydrogen-bond donors (Lipinski definition) is 1. The van der Waals surface area contributed by atoms with Crippen LogP contribution in [0.4, 0.5) is 0 Å². The summed E-state index contributed by atoms with van der Waals surface area (Å²) < 4.78 is 10.9. The average molecular weight is 281 g/mol. The first-order valence-electron chi connectivity index (χ1n) is 5.73. The summed E-state index contributed by atoms with van der Waals surface area (Å²) in [5.74, 6) is -0.0776. The number of carbonyl (C=O) groups is 1. The highest BCUT2D eigenvalue weighted by Crippen LogP contribution is 2.26. The minimum atomic E-state index is -1.10. The number of carboxylic acid groups (broad SMARTS) is 1. The number of benzene rings is 1. The summed E-state index contributed by atoms with van der Waals surface area (Å²) in [6.45, 7) is 3.67. The quantitative estimate of drug-likeness (QED) is 0.917. The van der Waals surface area contributed by atoms with Crippen LogP contribution in [0.2, 0.25) is 5.02 Å². The highest BCUT2D eigenvalue weighted by molar-refractivity contribution is 6.31. The van der Waals surface area contributed by atoms with Crippen molar-refractivity contribution in [2.45, 2.75) is 20.0 Å². The van der Waals surface area contributed by atoms with Gasteiger partial charge in [0.25, 0.3) is 0 Å². The summed E-state index contributed by atoms with van der Waals surface area (Å²) >= 11 is 5.93. The summed E-state index contributed by atoms with van der Waals surface area (Å²) in [4.78, 5) is 10.7. The van der Waals surface area contributed by atoms with Gasteiger partial charge in [-0.15, -0.1) is 0 Å².